The molecule has 0 aliphatic rings. The van der Waals surface area contributed by atoms with Crippen LogP contribution in [0.2, 0.25) is 0 Å². The lowest BCUT2D eigenvalue weighted by molar-refractivity contribution is -0.120. The van der Waals surface area contributed by atoms with Crippen molar-refractivity contribution in [3.63, 3.8) is 0 Å². The van der Waals surface area contributed by atoms with Crippen molar-refractivity contribution in [2.45, 2.75) is 43.4 Å². The molecule has 2 rings (SSSR count). The minimum Gasteiger partial charge on any atom is -0.497 e. The monoisotopic (exact) mass is 348 g/mol. The molecule has 1 aromatic heterocycles. The summed E-state index contributed by atoms with van der Waals surface area (Å²) in [5, 5.41) is 10.8. The number of thioether (sulfide) groups is 1. The van der Waals surface area contributed by atoms with Gasteiger partial charge in [0.25, 0.3) is 0 Å². The number of rotatable bonds is 8. The summed E-state index contributed by atoms with van der Waals surface area (Å²) in [5.41, 5.74) is 0. The molecule has 0 radical (unpaired) electrons. The number of hydrogen-bond acceptors (Lipinski definition) is 5. The van der Waals surface area contributed by atoms with E-state index in [1.807, 2.05) is 35.8 Å². The van der Waals surface area contributed by atoms with Gasteiger partial charge in [0, 0.05) is 23.9 Å². The second-order valence-electron chi connectivity index (χ2n) is 5.76. The van der Waals surface area contributed by atoms with E-state index in [0.717, 1.165) is 16.5 Å². The van der Waals surface area contributed by atoms with Gasteiger partial charge in [-0.05, 0) is 31.2 Å². The lowest BCUT2D eigenvalue weighted by atomic mass is 10.2. The average molecular weight is 348 g/mol. The summed E-state index contributed by atoms with van der Waals surface area (Å²) in [6, 6.07) is 7.71. The van der Waals surface area contributed by atoms with Crippen LogP contribution in [0.5, 0.6) is 5.75 Å². The molecule has 0 saturated carbocycles. The molecule has 6 nitrogen and oxygen atoms in total. The van der Waals surface area contributed by atoms with Crippen molar-refractivity contribution in [1.29, 1.82) is 0 Å². The topological polar surface area (TPSA) is 69.0 Å². The quantitative estimate of drug-likeness (QED) is 0.743. The Balaban J connectivity index is 1.79. The first-order valence-corrected chi connectivity index (χ1v) is 8.85. The highest BCUT2D eigenvalue weighted by molar-refractivity contribution is 8.00. The molecular formula is C17H24N4O2S. The molecule has 24 heavy (non-hydrogen) atoms. The van der Waals surface area contributed by atoms with E-state index < -0.39 is 0 Å². The van der Waals surface area contributed by atoms with Crippen molar-refractivity contribution in [3.05, 3.63) is 36.4 Å². The first-order valence-electron chi connectivity index (χ1n) is 7.97. The normalized spacial score (nSPS) is 12.2. The number of ether oxygens (including phenoxy) is 1. The third-order valence-electron chi connectivity index (χ3n) is 3.56. The van der Waals surface area contributed by atoms with Crippen LogP contribution >= 0.6 is 11.8 Å². The highest BCUT2D eigenvalue weighted by atomic mass is 32.2. The van der Waals surface area contributed by atoms with Gasteiger partial charge in [-0.15, -0.1) is 22.0 Å². The fourth-order valence-electron chi connectivity index (χ4n) is 2.24. The molecule has 0 fully saturated rings. The molecule has 0 aliphatic heterocycles. The molecule has 0 spiro atoms. The molecule has 1 amide bonds. The summed E-state index contributed by atoms with van der Waals surface area (Å²) in [6.45, 7) is 7.29. The van der Waals surface area contributed by atoms with Gasteiger partial charge in [-0.2, -0.15) is 0 Å². The van der Waals surface area contributed by atoms with Crippen molar-refractivity contribution < 1.29 is 9.53 Å². The smallest absolute Gasteiger partial charge is 0.233 e. The number of nitrogens with one attached hydrogen (secondary N) is 1. The fourth-order valence-corrected chi connectivity index (χ4v) is 3.13. The van der Waals surface area contributed by atoms with Crippen LogP contribution in [0.4, 0.5) is 0 Å². The molecule has 1 N–H and O–H groups in total. The van der Waals surface area contributed by atoms with Gasteiger partial charge < -0.3 is 14.6 Å². The number of amides is 1. The SMILES string of the molecule is COc1ccc(S[C@H](C)C(=O)NCCn2cnnc2C(C)C)cc1. The zero-order valence-corrected chi connectivity index (χ0v) is 15.3. The number of aromatic nitrogens is 3. The third-order valence-corrected chi connectivity index (χ3v) is 4.67. The number of methoxy groups -OCH3 is 1. The predicted molar refractivity (Wildman–Crippen MR) is 95.4 cm³/mol. The molecule has 0 aliphatic carbocycles. The Morgan fingerprint density at radius 2 is 2.00 bits per heavy atom. The first kappa shape index (κ1) is 18.3. The van der Waals surface area contributed by atoms with Crippen molar-refractivity contribution in [1.82, 2.24) is 20.1 Å². The lowest BCUT2D eigenvalue weighted by Gasteiger charge is -2.13. The van der Waals surface area contributed by atoms with Gasteiger partial charge in [0.2, 0.25) is 5.91 Å². The van der Waals surface area contributed by atoms with E-state index in [9.17, 15) is 4.79 Å². The first-order chi connectivity index (χ1) is 11.5. The van der Waals surface area contributed by atoms with Gasteiger partial charge in [-0.3, -0.25) is 4.79 Å². The van der Waals surface area contributed by atoms with Gasteiger partial charge in [0.1, 0.15) is 17.9 Å². The van der Waals surface area contributed by atoms with Crippen LogP contribution in [0.1, 0.15) is 32.5 Å². The maximum atomic E-state index is 12.2. The Morgan fingerprint density at radius 1 is 1.29 bits per heavy atom. The van der Waals surface area contributed by atoms with Crippen LogP contribution in [0.25, 0.3) is 0 Å². The molecule has 1 heterocycles. The van der Waals surface area contributed by atoms with E-state index in [-0.39, 0.29) is 11.2 Å². The Hall–Kier alpha value is -2.02. The minimum absolute atomic E-state index is 0.0231. The molecule has 130 valence electrons. The summed E-state index contributed by atoms with van der Waals surface area (Å²) in [7, 11) is 1.64. The summed E-state index contributed by atoms with van der Waals surface area (Å²) >= 11 is 1.53. The van der Waals surface area contributed by atoms with E-state index in [4.69, 9.17) is 4.74 Å². The summed E-state index contributed by atoms with van der Waals surface area (Å²) in [6.07, 6.45) is 1.71. The van der Waals surface area contributed by atoms with Crippen LogP contribution in [0.15, 0.2) is 35.5 Å². The molecular weight excluding hydrogens is 324 g/mol. The Morgan fingerprint density at radius 3 is 2.62 bits per heavy atom. The second kappa shape index (κ2) is 8.73. The van der Waals surface area contributed by atoms with E-state index in [2.05, 4.69) is 29.4 Å². The van der Waals surface area contributed by atoms with Crippen LogP contribution in [-0.2, 0) is 11.3 Å². The highest BCUT2D eigenvalue weighted by Crippen LogP contribution is 2.25. The van der Waals surface area contributed by atoms with E-state index in [0.29, 0.717) is 19.0 Å². The zero-order chi connectivity index (χ0) is 17.5. The van der Waals surface area contributed by atoms with Crippen molar-refractivity contribution in [3.8, 4) is 5.75 Å². The third kappa shape index (κ3) is 4.99. The highest BCUT2D eigenvalue weighted by Gasteiger charge is 2.14. The largest absolute Gasteiger partial charge is 0.497 e. The number of carbonyl (C=O) groups is 1. The standard InChI is InChI=1S/C17H24N4O2S/c1-12(2)16-20-19-11-21(16)10-9-18-17(22)13(3)24-15-7-5-14(23-4)6-8-15/h5-8,11-13H,9-10H2,1-4H3,(H,18,22)/t13-/m1/s1. The minimum atomic E-state index is -0.163. The van der Waals surface area contributed by atoms with Gasteiger partial charge in [0.15, 0.2) is 0 Å². The summed E-state index contributed by atoms with van der Waals surface area (Å²) < 4.78 is 7.11. The zero-order valence-electron chi connectivity index (χ0n) is 14.5. The Bertz CT molecular complexity index is 655. The van der Waals surface area contributed by atoms with E-state index >= 15 is 0 Å². The van der Waals surface area contributed by atoms with Crippen molar-refractivity contribution in [2.24, 2.45) is 0 Å². The lowest BCUT2D eigenvalue weighted by Crippen LogP contribution is -2.33. The van der Waals surface area contributed by atoms with Crippen molar-refractivity contribution >= 4 is 17.7 Å². The van der Waals surface area contributed by atoms with Crippen LogP contribution in [0, 0.1) is 0 Å². The number of benzene rings is 1. The van der Waals surface area contributed by atoms with Crippen LogP contribution in [-0.4, -0.2) is 39.6 Å². The molecule has 0 bridgehead atoms. The van der Waals surface area contributed by atoms with E-state index in [1.165, 1.54) is 11.8 Å². The molecule has 7 heteroatoms. The predicted octanol–water partition coefficient (Wildman–Crippen LogP) is 2.71. The van der Waals surface area contributed by atoms with Gasteiger partial charge in [-0.1, -0.05) is 13.8 Å². The maximum Gasteiger partial charge on any atom is 0.233 e. The molecule has 1 atom stereocenters. The maximum absolute atomic E-state index is 12.2. The van der Waals surface area contributed by atoms with Crippen LogP contribution < -0.4 is 10.1 Å². The van der Waals surface area contributed by atoms with Crippen LogP contribution in [0.3, 0.4) is 0 Å². The van der Waals surface area contributed by atoms with Gasteiger partial charge in [-0.25, -0.2) is 0 Å². The molecule has 0 unspecified atom stereocenters. The molecule has 2 aromatic rings. The summed E-state index contributed by atoms with van der Waals surface area (Å²) in [4.78, 5) is 13.3. The molecule has 0 saturated heterocycles. The molecule has 1 aromatic carbocycles. The number of hydrogen-bond donors (Lipinski definition) is 1. The van der Waals surface area contributed by atoms with Gasteiger partial charge in [0.05, 0.1) is 12.4 Å². The average Bonchev–Trinajstić information content (AvgIpc) is 3.04. The fraction of sp³-hybridized carbons (Fsp3) is 0.471. The van der Waals surface area contributed by atoms with E-state index in [1.54, 1.807) is 13.4 Å². The Labute approximate surface area is 147 Å². The van der Waals surface area contributed by atoms with Gasteiger partial charge >= 0.3 is 0 Å². The second-order valence-corrected chi connectivity index (χ2v) is 7.18. The Kier molecular flexibility index (Phi) is 6.66. The number of nitrogens with zero attached hydrogens (tertiary/aromatic N) is 3. The van der Waals surface area contributed by atoms with Crippen molar-refractivity contribution in [2.75, 3.05) is 13.7 Å². The summed E-state index contributed by atoms with van der Waals surface area (Å²) in [5.74, 6) is 2.08. The number of carbonyl (C=O) groups excluding carboxylic acids is 1.